The molecule has 1 N–H and O–H groups in total. The van der Waals surface area contributed by atoms with Gasteiger partial charge >= 0.3 is 12.3 Å². The van der Waals surface area contributed by atoms with Gasteiger partial charge in [-0.25, -0.2) is 0 Å². The Kier molecular flexibility index (Phi) is 5.39. The van der Waals surface area contributed by atoms with E-state index in [2.05, 4.69) is 9.72 Å². The summed E-state index contributed by atoms with van der Waals surface area (Å²) < 4.78 is 46.9. The first-order valence-electron chi connectivity index (χ1n) is 8.48. The Bertz CT molecular complexity index is 947. The number of hydrogen-bond donors (Lipinski definition) is 1. The van der Waals surface area contributed by atoms with E-state index in [9.17, 15) is 18.0 Å². The van der Waals surface area contributed by atoms with Crippen LogP contribution in [0.5, 0.6) is 5.75 Å². The fourth-order valence-electron chi connectivity index (χ4n) is 2.87. The van der Waals surface area contributed by atoms with Crippen LogP contribution in [0.4, 0.5) is 13.2 Å². The molecule has 4 nitrogen and oxygen atoms in total. The van der Waals surface area contributed by atoms with Crippen molar-refractivity contribution in [3.63, 3.8) is 0 Å². The molecule has 3 aromatic rings. The van der Waals surface area contributed by atoms with Gasteiger partial charge < -0.3 is 14.5 Å². The van der Waals surface area contributed by atoms with E-state index >= 15 is 0 Å². The minimum atomic E-state index is -4.76. The number of nitrogens with one attached hydrogen (secondary N) is 1. The van der Waals surface area contributed by atoms with E-state index in [1.807, 2.05) is 18.2 Å². The van der Waals surface area contributed by atoms with Crippen molar-refractivity contribution in [2.75, 3.05) is 6.61 Å². The lowest BCUT2D eigenvalue weighted by Crippen LogP contribution is -2.17. The third-order valence-electron chi connectivity index (χ3n) is 4.01. The molecule has 0 bridgehead atoms. The molecule has 7 heteroatoms. The van der Waals surface area contributed by atoms with Crippen LogP contribution in [0.15, 0.2) is 48.5 Å². The van der Waals surface area contributed by atoms with Gasteiger partial charge in [0.05, 0.1) is 12.3 Å². The van der Waals surface area contributed by atoms with Crippen LogP contribution in [0.25, 0.3) is 22.2 Å². The number of aromatic amines is 1. The van der Waals surface area contributed by atoms with E-state index in [1.54, 1.807) is 25.1 Å². The molecule has 1 aromatic heterocycles. The summed E-state index contributed by atoms with van der Waals surface area (Å²) in [5, 5.41) is 0.841. The molecule has 0 amide bonds. The van der Waals surface area contributed by atoms with Crippen LogP contribution in [0, 0.1) is 0 Å². The fraction of sp³-hybridized carbons (Fsp3) is 0.250. The molecular weight excluding hydrogens is 359 g/mol. The lowest BCUT2D eigenvalue weighted by atomic mass is 10.1. The average Bonchev–Trinajstić information content (AvgIpc) is 3.02. The first-order chi connectivity index (χ1) is 12.9. The minimum absolute atomic E-state index is 0.259. The van der Waals surface area contributed by atoms with Crippen molar-refractivity contribution in [2.45, 2.75) is 26.1 Å². The number of benzene rings is 2. The SMILES string of the molecule is CCOC(=O)CCc1ccc2[nH]c(-c3ccccc3OC(F)(F)F)cc2c1. The number of halogens is 3. The maximum absolute atomic E-state index is 12.6. The number of esters is 1. The maximum atomic E-state index is 12.6. The largest absolute Gasteiger partial charge is 0.573 e. The summed E-state index contributed by atoms with van der Waals surface area (Å²) in [6, 6.07) is 13.4. The molecule has 0 aliphatic carbocycles. The molecule has 0 saturated heterocycles. The van der Waals surface area contributed by atoms with Crippen LogP contribution in [-0.2, 0) is 16.0 Å². The summed E-state index contributed by atoms with van der Waals surface area (Å²) in [7, 11) is 0. The van der Waals surface area contributed by atoms with Crippen LogP contribution < -0.4 is 4.74 Å². The highest BCUT2D eigenvalue weighted by Gasteiger charge is 2.32. The zero-order valence-electron chi connectivity index (χ0n) is 14.6. The molecule has 142 valence electrons. The molecule has 0 aliphatic rings. The van der Waals surface area contributed by atoms with Crippen molar-refractivity contribution in [1.29, 1.82) is 0 Å². The Balaban J connectivity index is 1.86. The highest BCUT2D eigenvalue weighted by molar-refractivity contribution is 5.87. The number of carbonyl (C=O) groups excluding carboxylic acids is 1. The number of fused-ring (bicyclic) bond motifs is 1. The number of aromatic nitrogens is 1. The van der Waals surface area contributed by atoms with Crippen LogP contribution in [0.3, 0.4) is 0 Å². The summed E-state index contributed by atoms with van der Waals surface area (Å²) in [6.45, 7) is 2.10. The van der Waals surface area contributed by atoms with Crippen LogP contribution >= 0.6 is 0 Å². The van der Waals surface area contributed by atoms with Crippen molar-refractivity contribution in [3.05, 3.63) is 54.1 Å². The van der Waals surface area contributed by atoms with Crippen LogP contribution in [-0.4, -0.2) is 23.9 Å². The molecule has 0 atom stereocenters. The van der Waals surface area contributed by atoms with Gasteiger partial charge in [0.1, 0.15) is 5.75 Å². The molecule has 2 aromatic carbocycles. The zero-order chi connectivity index (χ0) is 19.4. The van der Waals surface area contributed by atoms with Crippen molar-refractivity contribution < 1.29 is 27.4 Å². The van der Waals surface area contributed by atoms with Gasteiger partial charge in [0.25, 0.3) is 0 Å². The Morgan fingerprint density at radius 3 is 2.63 bits per heavy atom. The standard InChI is InChI=1S/C20H18F3NO3/c1-2-26-19(25)10-8-13-7-9-16-14(11-13)12-17(24-16)15-5-3-4-6-18(15)27-20(21,22)23/h3-7,9,11-12,24H,2,8,10H2,1H3. The first-order valence-corrected chi connectivity index (χ1v) is 8.48. The maximum Gasteiger partial charge on any atom is 0.573 e. The van der Waals surface area contributed by atoms with E-state index in [4.69, 9.17) is 4.74 Å². The summed E-state index contributed by atoms with van der Waals surface area (Å²) in [4.78, 5) is 14.6. The highest BCUT2D eigenvalue weighted by Crippen LogP contribution is 2.34. The van der Waals surface area contributed by atoms with E-state index in [0.717, 1.165) is 16.5 Å². The van der Waals surface area contributed by atoms with Crippen molar-refractivity contribution in [3.8, 4) is 17.0 Å². The van der Waals surface area contributed by atoms with Crippen molar-refractivity contribution in [1.82, 2.24) is 4.98 Å². The van der Waals surface area contributed by atoms with E-state index in [-0.39, 0.29) is 18.1 Å². The van der Waals surface area contributed by atoms with E-state index in [1.165, 1.54) is 12.1 Å². The quantitative estimate of drug-likeness (QED) is 0.599. The fourth-order valence-corrected chi connectivity index (χ4v) is 2.87. The lowest BCUT2D eigenvalue weighted by molar-refractivity contribution is -0.274. The summed E-state index contributed by atoms with van der Waals surface area (Å²) in [5.74, 6) is -0.523. The molecule has 1 heterocycles. The van der Waals surface area contributed by atoms with Gasteiger partial charge in [0.15, 0.2) is 0 Å². The predicted octanol–water partition coefficient (Wildman–Crippen LogP) is 5.23. The second kappa shape index (κ2) is 7.73. The Labute approximate surface area is 153 Å². The summed E-state index contributed by atoms with van der Waals surface area (Å²) in [5.41, 5.74) is 2.57. The number of para-hydroxylation sites is 1. The molecular formula is C20H18F3NO3. The van der Waals surface area contributed by atoms with Gasteiger partial charge in [0, 0.05) is 22.9 Å². The highest BCUT2D eigenvalue weighted by atomic mass is 19.4. The van der Waals surface area contributed by atoms with Crippen LogP contribution in [0.1, 0.15) is 18.9 Å². The van der Waals surface area contributed by atoms with Gasteiger partial charge in [-0.05, 0) is 49.2 Å². The van der Waals surface area contributed by atoms with Gasteiger partial charge in [-0.1, -0.05) is 18.2 Å². The molecule has 0 aliphatic heterocycles. The van der Waals surface area contributed by atoms with Gasteiger partial charge in [-0.3, -0.25) is 4.79 Å². The first kappa shape index (κ1) is 18.8. The van der Waals surface area contributed by atoms with E-state index in [0.29, 0.717) is 24.3 Å². The Morgan fingerprint density at radius 2 is 1.89 bits per heavy atom. The van der Waals surface area contributed by atoms with Crippen molar-refractivity contribution in [2.24, 2.45) is 0 Å². The monoisotopic (exact) mass is 377 g/mol. The minimum Gasteiger partial charge on any atom is -0.466 e. The zero-order valence-corrected chi connectivity index (χ0v) is 14.6. The van der Waals surface area contributed by atoms with Gasteiger partial charge in [0.2, 0.25) is 0 Å². The predicted molar refractivity (Wildman–Crippen MR) is 95.4 cm³/mol. The smallest absolute Gasteiger partial charge is 0.466 e. The normalized spacial score (nSPS) is 11.6. The summed E-state index contributed by atoms with van der Waals surface area (Å²) in [6.07, 6.45) is -3.95. The topological polar surface area (TPSA) is 51.3 Å². The number of rotatable bonds is 6. The second-order valence-corrected chi connectivity index (χ2v) is 5.95. The Hall–Kier alpha value is -2.96. The second-order valence-electron chi connectivity index (χ2n) is 5.95. The molecule has 27 heavy (non-hydrogen) atoms. The number of alkyl halides is 3. The molecule has 0 saturated carbocycles. The number of hydrogen-bond acceptors (Lipinski definition) is 3. The summed E-state index contributed by atoms with van der Waals surface area (Å²) >= 11 is 0. The van der Waals surface area contributed by atoms with Crippen LogP contribution in [0.2, 0.25) is 0 Å². The molecule has 3 rings (SSSR count). The third kappa shape index (κ3) is 4.81. The molecule has 0 spiro atoms. The third-order valence-corrected chi connectivity index (χ3v) is 4.01. The molecule has 0 unspecified atom stereocenters. The van der Waals surface area contributed by atoms with E-state index < -0.39 is 6.36 Å². The number of carbonyl (C=O) groups is 1. The number of aryl methyl sites for hydroxylation is 1. The molecule has 0 radical (unpaired) electrons. The van der Waals surface area contributed by atoms with Gasteiger partial charge in [-0.15, -0.1) is 13.2 Å². The number of H-pyrrole nitrogens is 1. The number of ether oxygens (including phenoxy) is 2. The average molecular weight is 377 g/mol. The Morgan fingerprint density at radius 1 is 1.11 bits per heavy atom. The molecule has 0 fully saturated rings. The lowest BCUT2D eigenvalue weighted by Gasteiger charge is -2.12. The van der Waals surface area contributed by atoms with Crippen molar-refractivity contribution >= 4 is 16.9 Å². The van der Waals surface area contributed by atoms with Gasteiger partial charge in [-0.2, -0.15) is 0 Å².